The second-order valence-corrected chi connectivity index (χ2v) is 6.46. The third-order valence-electron chi connectivity index (χ3n) is 3.99. The fourth-order valence-electron chi connectivity index (χ4n) is 2.61. The van der Waals surface area contributed by atoms with Crippen LogP contribution in [-0.4, -0.2) is 23.6 Å². The lowest BCUT2D eigenvalue weighted by Crippen LogP contribution is -2.15. The predicted octanol–water partition coefficient (Wildman–Crippen LogP) is 4.83. The fourth-order valence-corrected chi connectivity index (χ4v) is 2.79. The Morgan fingerprint density at radius 2 is 2.15 bits per heavy atom. The molecule has 1 aliphatic heterocycles. The van der Waals surface area contributed by atoms with Crippen LogP contribution >= 0.6 is 11.6 Å². The zero-order valence-electron chi connectivity index (χ0n) is 15.0. The van der Waals surface area contributed by atoms with Crippen molar-refractivity contribution in [1.82, 2.24) is 0 Å². The molecule has 0 aliphatic carbocycles. The van der Waals surface area contributed by atoms with Gasteiger partial charge in [-0.15, -0.1) is 0 Å². The molecule has 1 heterocycles. The molecule has 0 radical (unpaired) electrons. The van der Waals surface area contributed by atoms with Gasteiger partial charge < -0.3 is 15.6 Å². The van der Waals surface area contributed by atoms with Gasteiger partial charge >= 0.3 is 6.09 Å². The second kappa shape index (κ2) is 9.92. The number of halogens is 2. The van der Waals surface area contributed by atoms with Gasteiger partial charge in [-0.1, -0.05) is 43.1 Å². The first-order valence-corrected chi connectivity index (χ1v) is 9.05. The molecule has 0 saturated heterocycles. The van der Waals surface area contributed by atoms with Crippen LogP contribution in [0.2, 0.25) is 5.02 Å². The van der Waals surface area contributed by atoms with Gasteiger partial charge in [0.25, 0.3) is 0 Å². The highest BCUT2D eigenvalue weighted by atomic mass is 35.5. The van der Waals surface area contributed by atoms with Crippen LogP contribution in [0.4, 0.5) is 9.18 Å². The molecule has 144 valence electrons. The van der Waals surface area contributed by atoms with E-state index in [1.807, 2.05) is 18.2 Å². The van der Waals surface area contributed by atoms with Crippen molar-refractivity contribution in [3.63, 3.8) is 0 Å². The molecule has 1 amide bonds. The second-order valence-electron chi connectivity index (χ2n) is 6.06. The maximum atomic E-state index is 12.8. The van der Waals surface area contributed by atoms with Crippen molar-refractivity contribution in [2.24, 2.45) is 10.7 Å². The number of fused-ring (bicyclic) bond motifs is 1. The molecule has 7 heteroatoms. The Morgan fingerprint density at radius 1 is 1.37 bits per heavy atom. The minimum atomic E-state index is -1.27. The summed E-state index contributed by atoms with van der Waals surface area (Å²) in [4.78, 5) is 13.7. The number of ether oxygens (including phenoxy) is 1. The summed E-state index contributed by atoms with van der Waals surface area (Å²) in [6.45, 7) is 2.76. The molecule has 0 unspecified atom stereocenters. The van der Waals surface area contributed by atoms with E-state index in [1.165, 1.54) is 6.07 Å². The largest absolute Gasteiger partial charge is 0.493 e. The summed E-state index contributed by atoms with van der Waals surface area (Å²) in [5, 5.41) is 8.66. The van der Waals surface area contributed by atoms with E-state index in [4.69, 9.17) is 27.2 Å². The van der Waals surface area contributed by atoms with Crippen LogP contribution < -0.4 is 10.5 Å². The molecular formula is C20H22ClFN2O3. The number of nitrogens with two attached hydrogens (primary N) is 1. The summed E-state index contributed by atoms with van der Waals surface area (Å²) in [7, 11) is 0. The number of hydrogen-bond donors (Lipinski definition) is 2. The lowest BCUT2D eigenvalue weighted by Gasteiger charge is -2.03. The summed E-state index contributed by atoms with van der Waals surface area (Å²) in [6.07, 6.45) is 2.78. The number of unbranched alkanes of at least 4 members (excludes halogenated alkanes) is 1. The van der Waals surface area contributed by atoms with E-state index in [0.717, 1.165) is 36.8 Å². The van der Waals surface area contributed by atoms with Crippen LogP contribution in [-0.2, 0) is 12.8 Å². The van der Waals surface area contributed by atoms with Crippen molar-refractivity contribution in [3.05, 3.63) is 63.9 Å². The number of amides is 1. The Morgan fingerprint density at radius 3 is 2.85 bits per heavy atom. The Kier molecular flexibility index (Phi) is 7.61. The van der Waals surface area contributed by atoms with Crippen LogP contribution in [0.3, 0.4) is 0 Å². The predicted molar refractivity (Wildman–Crippen MR) is 104 cm³/mol. The highest BCUT2D eigenvalue weighted by Crippen LogP contribution is 2.29. The van der Waals surface area contributed by atoms with Crippen LogP contribution in [0.5, 0.6) is 5.75 Å². The summed E-state index contributed by atoms with van der Waals surface area (Å²) < 4.78 is 17.9. The quantitative estimate of drug-likeness (QED) is 0.576. The minimum Gasteiger partial charge on any atom is -0.493 e. The molecule has 0 atom stereocenters. The van der Waals surface area contributed by atoms with Crippen molar-refractivity contribution in [3.8, 4) is 5.75 Å². The Bertz CT molecular complexity index is 811. The van der Waals surface area contributed by atoms with Crippen molar-refractivity contribution < 1.29 is 19.0 Å². The third kappa shape index (κ3) is 6.25. The SMILES string of the molecule is CCCCc1cccc(/C(N)=N/C(=O)O)c1.Fc1cc2c(cc1Cl)CCO2. The first-order valence-electron chi connectivity index (χ1n) is 8.67. The van der Waals surface area contributed by atoms with Crippen molar-refractivity contribution >= 4 is 23.5 Å². The van der Waals surface area contributed by atoms with E-state index in [1.54, 1.807) is 12.1 Å². The van der Waals surface area contributed by atoms with Gasteiger partial charge in [-0.3, -0.25) is 0 Å². The van der Waals surface area contributed by atoms with Gasteiger partial charge in [0.15, 0.2) is 0 Å². The van der Waals surface area contributed by atoms with Crippen molar-refractivity contribution in [2.75, 3.05) is 6.61 Å². The number of aryl methyl sites for hydroxylation is 1. The topological polar surface area (TPSA) is 84.9 Å². The summed E-state index contributed by atoms with van der Waals surface area (Å²) in [5.74, 6) is 0.269. The number of carboxylic acid groups (broad SMARTS) is 1. The normalized spacial score (nSPS) is 12.6. The molecule has 0 bridgehead atoms. The highest BCUT2D eigenvalue weighted by molar-refractivity contribution is 6.30. The number of rotatable bonds is 4. The number of aliphatic imine (C=N–C) groups is 1. The lowest BCUT2D eigenvalue weighted by atomic mass is 10.1. The molecule has 3 N–H and O–H groups in total. The summed E-state index contributed by atoms with van der Waals surface area (Å²) in [6, 6.07) is 10.5. The minimum absolute atomic E-state index is 0.0471. The summed E-state index contributed by atoms with van der Waals surface area (Å²) >= 11 is 5.56. The molecular weight excluding hydrogens is 371 g/mol. The highest BCUT2D eigenvalue weighted by Gasteiger charge is 2.14. The van der Waals surface area contributed by atoms with E-state index in [2.05, 4.69) is 11.9 Å². The fraction of sp³-hybridized carbons (Fsp3) is 0.300. The van der Waals surface area contributed by atoms with Gasteiger partial charge in [0.05, 0.1) is 11.6 Å². The molecule has 0 aromatic heterocycles. The van der Waals surface area contributed by atoms with Crippen LogP contribution in [0.1, 0.15) is 36.5 Å². The number of amidine groups is 1. The average molecular weight is 393 g/mol. The Labute approximate surface area is 162 Å². The third-order valence-corrected chi connectivity index (χ3v) is 4.28. The number of carbonyl (C=O) groups is 1. The van der Waals surface area contributed by atoms with E-state index in [-0.39, 0.29) is 10.9 Å². The van der Waals surface area contributed by atoms with Gasteiger partial charge in [-0.2, -0.15) is 4.99 Å². The zero-order chi connectivity index (χ0) is 19.8. The monoisotopic (exact) mass is 392 g/mol. The smallest absolute Gasteiger partial charge is 0.433 e. The molecule has 2 aromatic carbocycles. The molecule has 0 spiro atoms. The maximum Gasteiger partial charge on any atom is 0.433 e. The zero-order valence-corrected chi connectivity index (χ0v) is 15.8. The summed E-state index contributed by atoms with van der Waals surface area (Å²) in [5.41, 5.74) is 8.38. The first kappa shape index (κ1) is 20.7. The molecule has 5 nitrogen and oxygen atoms in total. The molecule has 0 saturated carbocycles. The Hall–Kier alpha value is -2.60. The standard InChI is InChI=1S/C12H16N2O2.C8H6ClFO/c1-2-3-5-9-6-4-7-10(8-9)11(13)14-12(15)16;9-6-3-5-1-2-11-8(5)4-7(6)10/h4,6-8H,2-3,5H2,1H3,(H2,13,14)(H,15,16);3-4H,1-2H2. The number of nitrogens with zero attached hydrogens (tertiary/aromatic N) is 1. The molecule has 2 aromatic rings. The van der Waals surface area contributed by atoms with Gasteiger partial charge in [0, 0.05) is 18.1 Å². The van der Waals surface area contributed by atoms with Gasteiger partial charge in [0.2, 0.25) is 0 Å². The Balaban J connectivity index is 0.000000206. The molecule has 27 heavy (non-hydrogen) atoms. The number of hydrogen-bond acceptors (Lipinski definition) is 2. The molecule has 1 aliphatic rings. The average Bonchev–Trinajstić information content (AvgIpc) is 3.07. The van der Waals surface area contributed by atoms with Crippen molar-refractivity contribution in [2.45, 2.75) is 32.6 Å². The number of benzene rings is 2. The van der Waals surface area contributed by atoms with Crippen LogP contribution in [0.15, 0.2) is 41.4 Å². The molecule has 0 fully saturated rings. The van der Waals surface area contributed by atoms with E-state index in [9.17, 15) is 9.18 Å². The van der Waals surface area contributed by atoms with Crippen LogP contribution in [0.25, 0.3) is 0 Å². The van der Waals surface area contributed by atoms with Gasteiger partial charge in [-0.25, -0.2) is 9.18 Å². The van der Waals surface area contributed by atoms with Gasteiger partial charge in [-0.05, 0) is 36.1 Å². The lowest BCUT2D eigenvalue weighted by molar-refractivity contribution is 0.205. The first-order chi connectivity index (χ1) is 12.9. The van der Waals surface area contributed by atoms with Crippen LogP contribution in [0, 0.1) is 5.82 Å². The van der Waals surface area contributed by atoms with E-state index in [0.29, 0.717) is 17.9 Å². The van der Waals surface area contributed by atoms with Gasteiger partial charge in [0.1, 0.15) is 17.4 Å². The molecule has 3 rings (SSSR count). The van der Waals surface area contributed by atoms with E-state index >= 15 is 0 Å². The van der Waals surface area contributed by atoms with E-state index < -0.39 is 11.9 Å². The maximum absolute atomic E-state index is 12.8. The van der Waals surface area contributed by atoms with Crippen molar-refractivity contribution in [1.29, 1.82) is 0 Å².